The van der Waals surface area contributed by atoms with Gasteiger partial charge in [-0.1, -0.05) is 0 Å². The Morgan fingerprint density at radius 1 is 1.42 bits per heavy atom. The summed E-state index contributed by atoms with van der Waals surface area (Å²) in [4.78, 5) is 9.16. The number of hydrogen-bond donors (Lipinski definition) is 1. The Morgan fingerprint density at radius 2 is 2.11 bits per heavy atom. The van der Waals surface area contributed by atoms with E-state index in [4.69, 9.17) is 5.73 Å². The SMILES string of the molecule is C[C@H](N)c1ccc(N(C)CC2CCN(C)CC2)cn1. The first-order valence-electron chi connectivity index (χ1n) is 7.17. The summed E-state index contributed by atoms with van der Waals surface area (Å²) in [6.07, 6.45) is 4.53. The van der Waals surface area contributed by atoms with Gasteiger partial charge in [0.25, 0.3) is 0 Å². The molecule has 0 unspecified atom stereocenters. The fraction of sp³-hybridized carbons (Fsp3) is 0.667. The van der Waals surface area contributed by atoms with Gasteiger partial charge in [0.2, 0.25) is 0 Å². The average molecular weight is 262 g/mol. The molecule has 1 aliphatic rings. The zero-order valence-electron chi connectivity index (χ0n) is 12.3. The summed E-state index contributed by atoms with van der Waals surface area (Å²) < 4.78 is 0. The summed E-state index contributed by atoms with van der Waals surface area (Å²) in [5, 5.41) is 0. The second-order valence-electron chi connectivity index (χ2n) is 5.86. The van der Waals surface area contributed by atoms with Crippen molar-refractivity contribution < 1.29 is 0 Å². The molecule has 106 valence electrons. The molecule has 1 saturated heterocycles. The molecule has 2 heterocycles. The van der Waals surface area contributed by atoms with Crippen LogP contribution in [0, 0.1) is 5.92 Å². The lowest BCUT2D eigenvalue weighted by Gasteiger charge is -2.32. The van der Waals surface area contributed by atoms with Crippen LogP contribution in [0.25, 0.3) is 0 Å². The van der Waals surface area contributed by atoms with E-state index in [-0.39, 0.29) is 6.04 Å². The molecule has 1 aromatic heterocycles. The predicted molar refractivity (Wildman–Crippen MR) is 80.3 cm³/mol. The van der Waals surface area contributed by atoms with E-state index in [1.807, 2.05) is 19.2 Å². The standard InChI is InChI=1S/C15H26N4/c1-12(16)15-5-4-14(10-17-15)19(3)11-13-6-8-18(2)9-7-13/h4-5,10,12-13H,6-9,11,16H2,1-3H3/t12-/m0/s1. The van der Waals surface area contributed by atoms with Crippen molar-refractivity contribution in [2.75, 3.05) is 38.6 Å². The Kier molecular flexibility index (Phi) is 4.77. The molecule has 19 heavy (non-hydrogen) atoms. The molecule has 2 N–H and O–H groups in total. The molecule has 4 nitrogen and oxygen atoms in total. The molecule has 0 aromatic carbocycles. The molecule has 1 aromatic rings. The minimum absolute atomic E-state index is 0.00763. The Morgan fingerprint density at radius 3 is 2.63 bits per heavy atom. The van der Waals surface area contributed by atoms with Crippen LogP contribution in [-0.2, 0) is 0 Å². The van der Waals surface area contributed by atoms with Crippen LogP contribution in [0.3, 0.4) is 0 Å². The van der Waals surface area contributed by atoms with Crippen LogP contribution in [0.2, 0.25) is 0 Å². The quantitative estimate of drug-likeness (QED) is 0.900. The zero-order valence-corrected chi connectivity index (χ0v) is 12.3. The number of aromatic nitrogens is 1. The van der Waals surface area contributed by atoms with Crippen molar-refractivity contribution in [1.29, 1.82) is 0 Å². The Hall–Kier alpha value is -1.13. The van der Waals surface area contributed by atoms with Crippen LogP contribution in [0.15, 0.2) is 18.3 Å². The maximum Gasteiger partial charge on any atom is 0.0569 e. The largest absolute Gasteiger partial charge is 0.373 e. The first-order valence-corrected chi connectivity index (χ1v) is 7.17. The van der Waals surface area contributed by atoms with Gasteiger partial charge in [0.1, 0.15) is 0 Å². The molecule has 1 aliphatic heterocycles. The van der Waals surface area contributed by atoms with Crippen molar-refractivity contribution in [3.63, 3.8) is 0 Å². The van der Waals surface area contributed by atoms with Gasteiger partial charge in [0.05, 0.1) is 17.6 Å². The maximum absolute atomic E-state index is 5.82. The number of pyridine rings is 1. The second-order valence-corrected chi connectivity index (χ2v) is 5.86. The highest BCUT2D eigenvalue weighted by Gasteiger charge is 2.18. The summed E-state index contributed by atoms with van der Waals surface area (Å²) in [5.74, 6) is 0.800. The molecule has 0 aliphatic carbocycles. The van der Waals surface area contributed by atoms with E-state index >= 15 is 0 Å². The van der Waals surface area contributed by atoms with E-state index in [0.29, 0.717) is 0 Å². The molecular formula is C15H26N4. The Balaban J connectivity index is 1.90. The van der Waals surface area contributed by atoms with Crippen molar-refractivity contribution in [2.24, 2.45) is 11.7 Å². The first-order chi connectivity index (χ1) is 9.06. The monoisotopic (exact) mass is 262 g/mol. The van der Waals surface area contributed by atoms with E-state index in [1.165, 1.54) is 31.6 Å². The molecule has 4 heteroatoms. The number of hydrogen-bond acceptors (Lipinski definition) is 4. The van der Waals surface area contributed by atoms with Crippen LogP contribution in [0.4, 0.5) is 5.69 Å². The van der Waals surface area contributed by atoms with Crippen molar-refractivity contribution in [2.45, 2.75) is 25.8 Å². The molecule has 2 rings (SSSR count). The first kappa shape index (κ1) is 14.3. The van der Waals surface area contributed by atoms with Gasteiger partial charge in [-0.05, 0) is 58.0 Å². The number of nitrogens with two attached hydrogens (primary N) is 1. The zero-order chi connectivity index (χ0) is 13.8. The Bertz CT molecular complexity index is 380. The van der Waals surface area contributed by atoms with E-state index in [2.05, 4.69) is 34.9 Å². The minimum atomic E-state index is 0.00763. The second kappa shape index (κ2) is 6.35. The van der Waals surface area contributed by atoms with Crippen LogP contribution in [0.5, 0.6) is 0 Å². The van der Waals surface area contributed by atoms with Crippen molar-refractivity contribution in [3.8, 4) is 0 Å². The normalized spacial score (nSPS) is 19.4. The summed E-state index contributed by atoms with van der Waals surface area (Å²) in [7, 11) is 4.36. The Labute approximate surface area is 116 Å². The van der Waals surface area contributed by atoms with Gasteiger partial charge in [0, 0.05) is 19.6 Å². The summed E-state index contributed by atoms with van der Waals surface area (Å²) in [6, 6.07) is 4.17. The highest BCUT2D eigenvalue weighted by molar-refractivity contribution is 5.43. The van der Waals surface area contributed by atoms with Gasteiger partial charge in [-0.15, -0.1) is 0 Å². The third-order valence-corrected chi connectivity index (χ3v) is 4.05. The smallest absolute Gasteiger partial charge is 0.0569 e. The van der Waals surface area contributed by atoms with Crippen molar-refractivity contribution in [3.05, 3.63) is 24.0 Å². The molecule has 0 amide bonds. The van der Waals surface area contributed by atoms with Gasteiger partial charge in [0.15, 0.2) is 0 Å². The highest BCUT2D eigenvalue weighted by atomic mass is 15.1. The number of anilines is 1. The molecule has 1 atom stereocenters. The molecule has 0 saturated carbocycles. The predicted octanol–water partition coefficient (Wildman–Crippen LogP) is 1.88. The van der Waals surface area contributed by atoms with Gasteiger partial charge in [-0.2, -0.15) is 0 Å². The van der Waals surface area contributed by atoms with Gasteiger partial charge >= 0.3 is 0 Å². The fourth-order valence-corrected chi connectivity index (χ4v) is 2.63. The number of rotatable bonds is 4. The number of likely N-dealkylation sites (tertiary alicyclic amines) is 1. The number of nitrogens with zero attached hydrogens (tertiary/aromatic N) is 3. The minimum Gasteiger partial charge on any atom is -0.373 e. The van der Waals surface area contributed by atoms with Crippen LogP contribution >= 0.6 is 0 Å². The van der Waals surface area contributed by atoms with E-state index in [1.54, 1.807) is 0 Å². The van der Waals surface area contributed by atoms with Gasteiger partial charge in [-0.25, -0.2) is 0 Å². The van der Waals surface area contributed by atoms with Gasteiger partial charge < -0.3 is 15.5 Å². The average Bonchev–Trinajstić information content (AvgIpc) is 2.41. The van der Waals surface area contributed by atoms with Crippen molar-refractivity contribution in [1.82, 2.24) is 9.88 Å². The van der Waals surface area contributed by atoms with Crippen LogP contribution < -0.4 is 10.6 Å². The lowest BCUT2D eigenvalue weighted by molar-refractivity contribution is 0.222. The summed E-state index contributed by atoms with van der Waals surface area (Å²) in [6.45, 7) is 5.53. The summed E-state index contributed by atoms with van der Waals surface area (Å²) in [5.41, 5.74) is 7.96. The molecule has 1 fully saturated rings. The molecule has 0 bridgehead atoms. The molecule has 0 radical (unpaired) electrons. The topological polar surface area (TPSA) is 45.4 Å². The third kappa shape index (κ3) is 3.91. The molecular weight excluding hydrogens is 236 g/mol. The third-order valence-electron chi connectivity index (χ3n) is 4.05. The number of piperidine rings is 1. The maximum atomic E-state index is 5.82. The van der Waals surface area contributed by atoms with Crippen molar-refractivity contribution >= 4 is 5.69 Å². The van der Waals surface area contributed by atoms with E-state index in [9.17, 15) is 0 Å². The van der Waals surface area contributed by atoms with Crippen LogP contribution in [0.1, 0.15) is 31.5 Å². The van der Waals surface area contributed by atoms with Gasteiger partial charge in [-0.3, -0.25) is 4.98 Å². The highest BCUT2D eigenvalue weighted by Crippen LogP contribution is 2.20. The lowest BCUT2D eigenvalue weighted by Crippen LogP contribution is -2.35. The van der Waals surface area contributed by atoms with E-state index in [0.717, 1.165) is 18.2 Å². The van der Waals surface area contributed by atoms with E-state index < -0.39 is 0 Å². The lowest BCUT2D eigenvalue weighted by atomic mass is 9.96. The van der Waals surface area contributed by atoms with Crippen LogP contribution in [-0.4, -0.2) is 43.6 Å². The molecule has 0 spiro atoms. The fourth-order valence-electron chi connectivity index (χ4n) is 2.63. The summed E-state index contributed by atoms with van der Waals surface area (Å²) >= 11 is 0.